The molecule has 72 valence electrons. The van der Waals surface area contributed by atoms with Crippen LogP contribution in [0.4, 0.5) is 13.2 Å². The summed E-state index contributed by atoms with van der Waals surface area (Å²) in [5.41, 5.74) is -0.827. The molecular weight excluding hydrogens is 209 g/mol. The second kappa shape index (κ2) is 3.47. The Kier molecular flexibility index (Phi) is 2.72. The molecule has 0 radical (unpaired) electrons. The molecule has 1 aromatic heterocycles. The summed E-state index contributed by atoms with van der Waals surface area (Å²) in [4.78, 5) is 6.45. The summed E-state index contributed by atoms with van der Waals surface area (Å²) in [5, 5.41) is 7.87. The predicted octanol–water partition coefficient (Wildman–Crippen LogP) is 1.51. The van der Waals surface area contributed by atoms with Gasteiger partial charge in [-0.3, -0.25) is 0 Å². The van der Waals surface area contributed by atoms with Crippen molar-refractivity contribution in [2.75, 3.05) is 0 Å². The van der Waals surface area contributed by atoms with Gasteiger partial charge in [-0.15, -0.1) is 0 Å². The first-order valence-corrected chi connectivity index (χ1v) is 3.50. The van der Waals surface area contributed by atoms with Crippen LogP contribution in [0.15, 0.2) is 12.4 Å². The number of halogens is 4. The summed E-state index contributed by atoms with van der Waals surface area (Å²) in [7, 11) is 0. The molecule has 0 aliphatic heterocycles. The summed E-state index contributed by atoms with van der Waals surface area (Å²) in [6, 6.07) is 0. The monoisotopic (exact) mass is 212 g/mol. The van der Waals surface area contributed by atoms with Crippen LogP contribution in [0, 0.1) is 0 Å². The van der Waals surface area contributed by atoms with Crippen LogP contribution in [0.1, 0.15) is 5.56 Å². The van der Waals surface area contributed by atoms with Gasteiger partial charge in [0.15, 0.2) is 0 Å². The van der Waals surface area contributed by atoms with Crippen molar-refractivity contribution in [1.29, 1.82) is 0 Å². The van der Waals surface area contributed by atoms with Gasteiger partial charge in [-0.2, -0.15) is 8.78 Å². The number of hydrogen-bond donors (Lipinski definition) is 1. The maximum Gasteiger partial charge on any atom is 0.330 e. The van der Waals surface area contributed by atoms with Gasteiger partial charge in [-0.1, -0.05) is 0 Å². The van der Waals surface area contributed by atoms with Crippen LogP contribution in [-0.2, 0) is 5.92 Å². The minimum atomic E-state index is -4.01. The molecule has 1 atom stereocenters. The SMILES string of the molecule is OC(F)C(F)(F)c1cnc(Cl)nc1. The average molecular weight is 213 g/mol. The normalized spacial score (nSPS) is 14.2. The van der Waals surface area contributed by atoms with Gasteiger partial charge in [0.05, 0.1) is 5.56 Å². The number of nitrogens with zero attached hydrogens (tertiary/aromatic N) is 2. The van der Waals surface area contributed by atoms with Crippen LogP contribution in [0.5, 0.6) is 0 Å². The lowest BCUT2D eigenvalue weighted by atomic mass is 10.2. The van der Waals surface area contributed by atoms with Gasteiger partial charge in [0.25, 0.3) is 6.36 Å². The summed E-state index contributed by atoms with van der Waals surface area (Å²) >= 11 is 5.22. The molecule has 0 saturated heterocycles. The second-order valence-corrected chi connectivity index (χ2v) is 2.54. The van der Waals surface area contributed by atoms with Crippen LogP contribution < -0.4 is 0 Å². The molecule has 3 nitrogen and oxygen atoms in total. The Hall–Kier alpha value is -0.880. The Morgan fingerprint density at radius 2 is 1.85 bits per heavy atom. The van der Waals surface area contributed by atoms with E-state index in [0.29, 0.717) is 12.4 Å². The van der Waals surface area contributed by atoms with E-state index >= 15 is 0 Å². The fourth-order valence-electron chi connectivity index (χ4n) is 0.622. The Labute approximate surface area is 76.2 Å². The van der Waals surface area contributed by atoms with E-state index in [0.717, 1.165) is 0 Å². The standard InChI is InChI=1S/C6H4ClF3N2O/c7-5-11-1-3(2-12-5)6(9,10)4(8)13/h1-2,4,13H. The van der Waals surface area contributed by atoms with E-state index in [1.165, 1.54) is 0 Å². The molecule has 0 spiro atoms. The summed E-state index contributed by atoms with van der Waals surface area (Å²) in [6.07, 6.45) is -1.98. The van der Waals surface area contributed by atoms with Crippen molar-refractivity contribution >= 4 is 11.6 Å². The van der Waals surface area contributed by atoms with Gasteiger partial charge in [0.1, 0.15) is 0 Å². The highest BCUT2D eigenvalue weighted by atomic mass is 35.5. The van der Waals surface area contributed by atoms with Gasteiger partial charge in [-0.05, 0) is 11.6 Å². The lowest BCUT2D eigenvalue weighted by molar-refractivity contribution is -0.175. The van der Waals surface area contributed by atoms with E-state index < -0.39 is 17.8 Å². The van der Waals surface area contributed by atoms with Crippen LogP contribution in [0.25, 0.3) is 0 Å². The highest BCUT2D eigenvalue weighted by Crippen LogP contribution is 2.31. The fraction of sp³-hybridized carbons (Fsp3) is 0.333. The number of rotatable bonds is 2. The molecule has 0 amide bonds. The molecule has 0 bridgehead atoms. The number of hydrogen-bond acceptors (Lipinski definition) is 3. The highest BCUT2D eigenvalue weighted by Gasteiger charge is 2.41. The molecule has 0 saturated carbocycles. The third-order valence-electron chi connectivity index (χ3n) is 1.30. The minimum absolute atomic E-state index is 0.229. The lowest BCUT2D eigenvalue weighted by Gasteiger charge is -2.15. The summed E-state index contributed by atoms with van der Waals surface area (Å²) in [5.74, 6) is -4.01. The highest BCUT2D eigenvalue weighted by molar-refractivity contribution is 6.28. The van der Waals surface area contributed by atoms with Crippen LogP contribution >= 0.6 is 11.6 Å². The number of alkyl halides is 3. The van der Waals surface area contributed by atoms with E-state index in [1.807, 2.05) is 0 Å². The molecule has 0 aromatic carbocycles. The van der Waals surface area contributed by atoms with E-state index in [2.05, 4.69) is 9.97 Å². The molecule has 13 heavy (non-hydrogen) atoms. The molecule has 0 fully saturated rings. The number of aliphatic hydroxyl groups is 1. The molecule has 0 aliphatic carbocycles. The Morgan fingerprint density at radius 1 is 1.38 bits per heavy atom. The molecule has 1 heterocycles. The zero-order valence-corrected chi connectivity index (χ0v) is 6.84. The molecule has 7 heteroatoms. The third-order valence-corrected chi connectivity index (χ3v) is 1.50. The number of aliphatic hydroxyl groups excluding tert-OH is 1. The molecule has 1 rings (SSSR count). The van der Waals surface area contributed by atoms with Gasteiger partial charge in [-0.25, -0.2) is 14.4 Å². The van der Waals surface area contributed by atoms with Gasteiger partial charge >= 0.3 is 5.92 Å². The first-order valence-electron chi connectivity index (χ1n) is 3.12. The van der Waals surface area contributed by atoms with E-state index in [9.17, 15) is 13.2 Å². The van der Waals surface area contributed by atoms with Crippen molar-refractivity contribution < 1.29 is 18.3 Å². The average Bonchev–Trinajstić information content (AvgIpc) is 2.04. The first-order chi connectivity index (χ1) is 5.94. The van der Waals surface area contributed by atoms with Crippen LogP contribution in [-0.4, -0.2) is 21.4 Å². The van der Waals surface area contributed by atoms with Crippen LogP contribution in [0.3, 0.4) is 0 Å². The van der Waals surface area contributed by atoms with Crippen molar-refractivity contribution in [2.24, 2.45) is 0 Å². The lowest BCUT2D eigenvalue weighted by Crippen LogP contribution is -2.27. The summed E-state index contributed by atoms with van der Waals surface area (Å²) in [6.45, 7) is 0. The van der Waals surface area contributed by atoms with Gasteiger partial charge < -0.3 is 5.11 Å². The smallest absolute Gasteiger partial charge is 0.330 e. The number of aromatic nitrogens is 2. The van der Waals surface area contributed by atoms with Gasteiger partial charge in [0.2, 0.25) is 5.28 Å². The van der Waals surface area contributed by atoms with E-state index in [4.69, 9.17) is 16.7 Å². The Bertz CT molecular complexity index is 290. The fourth-order valence-corrected chi connectivity index (χ4v) is 0.720. The van der Waals surface area contributed by atoms with Crippen molar-refractivity contribution in [2.45, 2.75) is 12.3 Å². The Morgan fingerprint density at radius 3 is 2.23 bits per heavy atom. The minimum Gasteiger partial charge on any atom is -0.359 e. The van der Waals surface area contributed by atoms with Crippen molar-refractivity contribution in [3.63, 3.8) is 0 Å². The van der Waals surface area contributed by atoms with E-state index in [1.54, 1.807) is 0 Å². The topological polar surface area (TPSA) is 46.0 Å². The maximum absolute atomic E-state index is 12.7. The largest absolute Gasteiger partial charge is 0.359 e. The second-order valence-electron chi connectivity index (χ2n) is 2.20. The molecule has 1 unspecified atom stereocenters. The first kappa shape index (κ1) is 10.2. The molecule has 1 aromatic rings. The van der Waals surface area contributed by atoms with Crippen molar-refractivity contribution in [1.82, 2.24) is 9.97 Å². The van der Waals surface area contributed by atoms with Crippen molar-refractivity contribution in [3.05, 3.63) is 23.2 Å². The Balaban J connectivity index is 3.01. The van der Waals surface area contributed by atoms with Crippen LogP contribution in [0.2, 0.25) is 5.28 Å². The molecule has 1 N–H and O–H groups in total. The zero-order chi connectivity index (χ0) is 10.1. The van der Waals surface area contributed by atoms with E-state index in [-0.39, 0.29) is 5.28 Å². The maximum atomic E-state index is 12.7. The van der Waals surface area contributed by atoms with Gasteiger partial charge in [0, 0.05) is 12.4 Å². The third kappa shape index (κ3) is 2.07. The molecular formula is C6H4ClF3N2O. The summed E-state index contributed by atoms with van der Waals surface area (Å²) < 4.78 is 37.3. The molecule has 0 aliphatic rings. The predicted molar refractivity (Wildman–Crippen MR) is 38.1 cm³/mol. The zero-order valence-electron chi connectivity index (χ0n) is 6.09. The van der Waals surface area contributed by atoms with Crippen molar-refractivity contribution in [3.8, 4) is 0 Å². The quantitative estimate of drug-likeness (QED) is 0.756.